The van der Waals surface area contributed by atoms with Crippen molar-refractivity contribution in [3.05, 3.63) is 105 Å². The number of fused-ring (bicyclic) bond motifs is 5. The number of nitrogens with one attached hydrogen (secondary N) is 1. The molecule has 9 heteroatoms. The van der Waals surface area contributed by atoms with E-state index in [1.807, 2.05) is 18.3 Å². The molecule has 4 aromatic rings. The first-order valence-electron chi connectivity index (χ1n) is 13.0. The van der Waals surface area contributed by atoms with Crippen LogP contribution in [0.15, 0.2) is 60.8 Å². The van der Waals surface area contributed by atoms with Crippen molar-refractivity contribution in [1.82, 2.24) is 9.47 Å². The SMILES string of the molecule is CCOC(=O)c1cccc(NC(=O)N2Cc3c(sc4c3CCCC4)-n3cccc3[C@@H]2c2cc(F)cc(F)c2)c1. The fourth-order valence-electron chi connectivity index (χ4n) is 5.60. The summed E-state index contributed by atoms with van der Waals surface area (Å²) >= 11 is 1.73. The smallest absolute Gasteiger partial charge is 0.338 e. The zero-order valence-electron chi connectivity index (χ0n) is 21.4. The maximum Gasteiger partial charge on any atom is 0.338 e. The van der Waals surface area contributed by atoms with Crippen molar-refractivity contribution < 1.29 is 23.1 Å². The number of halogens is 2. The van der Waals surface area contributed by atoms with Crippen LogP contribution in [0.2, 0.25) is 0 Å². The summed E-state index contributed by atoms with van der Waals surface area (Å²) in [5.74, 6) is -1.90. The molecule has 6 nitrogen and oxygen atoms in total. The van der Waals surface area contributed by atoms with Crippen LogP contribution in [0, 0.1) is 11.6 Å². The largest absolute Gasteiger partial charge is 0.462 e. The molecule has 0 saturated carbocycles. The molecule has 200 valence electrons. The standard InChI is InChI=1S/C30H27F2N3O3S/c1-2-38-29(36)18-7-5-8-22(15-18)33-30(37)35-17-24-23-9-3-4-11-26(23)39-28(24)34-12-6-10-25(34)27(35)19-13-20(31)16-21(32)14-19/h5-8,10,12-16,27H,2-4,9,11,17H2,1H3,(H,33,37)/t27-/m0/s1. The molecule has 0 fully saturated rings. The lowest BCUT2D eigenvalue weighted by Crippen LogP contribution is -2.38. The van der Waals surface area contributed by atoms with Crippen molar-refractivity contribution in [1.29, 1.82) is 0 Å². The molecule has 1 N–H and O–H groups in total. The van der Waals surface area contributed by atoms with Crippen LogP contribution < -0.4 is 5.32 Å². The number of amides is 2. The summed E-state index contributed by atoms with van der Waals surface area (Å²) in [5, 5.41) is 3.96. The first-order chi connectivity index (χ1) is 18.9. The minimum atomic E-state index is -0.753. The molecule has 39 heavy (non-hydrogen) atoms. The topological polar surface area (TPSA) is 63.6 Å². The van der Waals surface area contributed by atoms with Gasteiger partial charge in [-0.1, -0.05) is 6.07 Å². The van der Waals surface area contributed by atoms with Gasteiger partial charge in [0.2, 0.25) is 0 Å². The summed E-state index contributed by atoms with van der Waals surface area (Å²) in [7, 11) is 0. The molecular formula is C30H27F2N3O3S. The number of nitrogens with zero attached hydrogens (tertiary/aromatic N) is 2. The Morgan fingerprint density at radius 2 is 1.82 bits per heavy atom. The van der Waals surface area contributed by atoms with Gasteiger partial charge in [-0.25, -0.2) is 18.4 Å². The third-order valence-corrected chi connectivity index (χ3v) is 8.60. The van der Waals surface area contributed by atoms with E-state index >= 15 is 0 Å². The van der Waals surface area contributed by atoms with Crippen molar-refractivity contribution in [2.24, 2.45) is 0 Å². The molecule has 1 aliphatic heterocycles. The summed E-state index contributed by atoms with van der Waals surface area (Å²) in [4.78, 5) is 29.2. The Labute approximate surface area is 228 Å². The van der Waals surface area contributed by atoms with Gasteiger partial charge >= 0.3 is 12.0 Å². The van der Waals surface area contributed by atoms with Crippen LogP contribution in [-0.4, -0.2) is 28.1 Å². The molecule has 3 heterocycles. The van der Waals surface area contributed by atoms with E-state index in [0.29, 0.717) is 16.8 Å². The molecule has 2 amide bonds. The molecule has 0 spiro atoms. The Hall–Kier alpha value is -3.98. The number of ether oxygens (including phenoxy) is 1. The Morgan fingerprint density at radius 1 is 1.03 bits per heavy atom. The van der Waals surface area contributed by atoms with E-state index < -0.39 is 29.7 Å². The van der Waals surface area contributed by atoms with Crippen molar-refractivity contribution in [3.8, 4) is 5.00 Å². The number of thiophene rings is 1. The molecule has 1 aliphatic carbocycles. The number of aryl methyl sites for hydroxylation is 1. The number of carbonyl (C=O) groups is 2. The average Bonchev–Trinajstić information content (AvgIpc) is 3.50. The van der Waals surface area contributed by atoms with Gasteiger partial charge in [-0.15, -0.1) is 11.3 Å². The number of rotatable bonds is 4. The predicted molar refractivity (Wildman–Crippen MR) is 145 cm³/mol. The molecule has 0 bridgehead atoms. The molecule has 2 aromatic carbocycles. The molecule has 6 rings (SSSR count). The van der Waals surface area contributed by atoms with E-state index in [9.17, 15) is 18.4 Å². The first-order valence-corrected chi connectivity index (χ1v) is 13.9. The second kappa shape index (κ2) is 10.3. The number of aromatic nitrogens is 1. The van der Waals surface area contributed by atoms with Gasteiger partial charge in [0.15, 0.2) is 0 Å². The van der Waals surface area contributed by atoms with E-state index in [0.717, 1.165) is 48.0 Å². The van der Waals surface area contributed by atoms with Crippen molar-refractivity contribution in [3.63, 3.8) is 0 Å². The van der Waals surface area contributed by atoms with Crippen LogP contribution in [0.25, 0.3) is 5.00 Å². The second-order valence-electron chi connectivity index (χ2n) is 9.76. The van der Waals surface area contributed by atoms with E-state index in [-0.39, 0.29) is 13.2 Å². The highest BCUT2D eigenvalue weighted by atomic mass is 32.1. The highest BCUT2D eigenvalue weighted by Gasteiger charge is 2.36. The van der Waals surface area contributed by atoms with Gasteiger partial charge in [-0.2, -0.15) is 0 Å². The van der Waals surface area contributed by atoms with Crippen LogP contribution in [-0.2, 0) is 24.1 Å². The van der Waals surface area contributed by atoms with Crippen LogP contribution >= 0.6 is 11.3 Å². The van der Waals surface area contributed by atoms with Crippen molar-refractivity contribution in [2.45, 2.75) is 45.2 Å². The zero-order valence-corrected chi connectivity index (χ0v) is 22.2. The predicted octanol–water partition coefficient (Wildman–Crippen LogP) is 7.01. The lowest BCUT2D eigenvalue weighted by atomic mass is 9.95. The van der Waals surface area contributed by atoms with E-state index in [4.69, 9.17) is 4.74 Å². The monoisotopic (exact) mass is 547 g/mol. The third-order valence-electron chi connectivity index (χ3n) is 7.27. The zero-order chi connectivity index (χ0) is 27.1. The van der Waals surface area contributed by atoms with Crippen LogP contribution in [0.5, 0.6) is 0 Å². The quantitative estimate of drug-likeness (QED) is 0.280. The Balaban J connectivity index is 1.45. The molecule has 2 aromatic heterocycles. The van der Waals surface area contributed by atoms with E-state index in [2.05, 4.69) is 9.88 Å². The van der Waals surface area contributed by atoms with Crippen LogP contribution in [0.1, 0.15) is 63.4 Å². The average molecular weight is 548 g/mol. The summed E-state index contributed by atoms with van der Waals surface area (Å²) in [6.07, 6.45) is 6.11. The summed E-state index contributed by atoms with van der Waals surface area (Å²) in [6, 6.07) is 12.5. The lowest BCUT2D eigenvalue weighted by Gasteiger charge is -2.31. The lowest BCUT2D eigenvalue weighted by molar-refractivity contribution is 0.0526. The number of hydrogen-bond acceptors (Lipinski definition) is 4. The molecule has 2 aliphatic rings. The maximum atomic E-state index is 14.5. The van der Waals surface area contributed by atoms with Crippen molar-refractivity contribution >= 4 is 29.0 Å². The molecule has 0 saturated heterocycles. The first kappa shape index (κ1) is 25.3. The normalized spacial score (nSPS) is 16.1. The summed E-state index contributed by atoms with van der Waals surface area (Å²) < 4.78 is 36.1. The molecule has 0 radical (unpaired) electrons. The van der Waals surface area contributed by atoms with E-state index in [1.54, 1.807) is 47.4 Å². The number of carbonyl (C=O) groups excluding carboxylic acids is 2. The summed E-state index contributed by atoms with van der Waals surface area (Å²) in [6.45, 7) is 2.24. The van der Waals surface area contributed by atoms with Gasteiger partial charge in [0.05, 0.1) is 24.4 Å². The second-order valence-corrected chi connectivity index (χ2v) is 10.8. The van der Waals surface area contributed by atoms with Gasteiger partial charge in [-0.05, 0) is 86.2 Å². The number of urea groups is 1. The van der Waals surface area contributed by atoms with Gasteiger partial charge < -0.3 is 19.5 Å². The van der Waals surface area contributed by atoms with Gasteiger partial charge in [-0.3, -0.25) is 0 Å². The Kier molecular flexibility index (Phi) is 6.68. The number of esters is 1. The highest BCUT2D eigenvalue weighted by molar-refractivity contribution is 7.15. The van der Waals surface area contributed by atoms with Crippen LogP contribution in [0.4, 0.5) is 19.3 Å². The van der Waals surface area contributed by atoms with Gasteiger partial charge in [0, 0.05) is 28.4 Å². The Morgan fingerprint density at radius 3 is 2.62 bits per heavy atom. The fraction of sp³-hybridized carbons (Fsp3) is 0.267. The maximum absolute atomic E-state index is 14.5. The minimum absolute atomic E-state index is 0.238. The number of anilines is 1. The van der Waals surface area contributed by atoms with Gasteiger partial charge in [0.1, 0.15) is 22.7 Å². The van der Waals surface area contributed by atoms with Crippen molar-refractivity contribution in [2.75, 3.05) is 11.9 Å². The molecular weight excluding hydrogens is 520 g/mol. The summed E-state index contributed by atoms with van der Waals surface area (Å²) in [5.41, 5.74) is 4.16. The number of hydrogen-bond donors (Lipinski definition) is 1. The Bertz CT molecular complexity index is 1560. The fourth-order valence-corrected chi connectivity index (χ4v) is 7.01. The van der Waals surface area contributed by atoms with E-state index in [1.165, 1.54) is 22.6 Å². The third kappa shape index (κ3) is 4.71. The highest BCUT2D eigenvalue weighted by Crippen LogP contribution is 2.44. The van der Waals surface area contributed by atoms with Gasteiger partial charge in [0.25, 0.3) is 0 Å². The molecule has 1 atom stereocenters. The minimum Gasteiger partial charge on any atom is -0.462 e. The number of benzene rings is 2. The van der Waals surface area contributed by atoms with Crippen LogP contribution in [0.3, 0.4) is 0 Å². The molecule has 0 unspecified atom stereocenters.